The van der Waals surface area contributed by atoms with Gasteiger partial charge in [-0.2, -0.15) is 0 Å². The molecule has 1 rings (SSSR count). The molecule has 5 nitrogen and oxygen atoms in total. The summed E-state index contributed by atoms with van der Waals surface area (Å²) in [5, 5.41) is 2.89. The number of urea groups is 1. The van der Waals surface area contributed by atoms with Crippen LogP contribution in [0.3, 0.4) is 0 Å². The Labute approximate surface area is 116 Å². The standard InChI is InChI=1S/C14H27N3O2/c1-3-9-15-14(19)17-11-7-5-4-6-10-16(2)13(18)8-12-17/h3-12H2,1-2H3,(H,15,19). The topological polar surface area (TPSA) is 52.7 Å². The second-order valence-electron chi connectivity index (χ2n) is 5.20. The highest BCUT2D eigenvalue weighted by Gasteiger charge is 2.16. The molecule has 110 valence electrons. The van der Waals surface area contributed by atoms with Crippen molar-refractivity contribution in [3.63, 3.8) is 0 Å². The summed E-state index contributed by atoms with van der Waals surface area (Å²) < 4.78 is 0. The zero-order chi connectivity index (χ0) is 14.1. The maximum absolute atomic E-state index is 12.0. The predicted octanol–water partition coefficient (Wildman–Crippen LogP) is 1.83. The van der Waals surface area contributed by atoms with E-state index in [2.05, 4.69) is 5.32 Å². The third-order valence-corrected chi connectivity index (χ3v) is 3.51. The Morgan fingerprint density at radius 1 is 1.16 bits per heavy atom. The maximum atomic E-state index is 12.0. The Hall–Kier alpha value is -1.26. The molecule has 0 radical (unpaired) electrons. The lowest BCUT2D eigenvalue weighted by Gasteiger charge is -2.23. The number of amides is 3. The second kappa shape index (κ2) is 8.77. The average Bonchev–Trinajstić information content (AvgIpc) is 2.44. The highest BCUT2D eigenvalue weighted by Crippen LogP contribution is 2.07. The molecule has 0 atom stereocenters. The number of nitrogens with one attached hydrogen (secondary N) is 1. The molecule has 19 heavy (non-hydrogen) atoms. The van der Waals surface area contributed by atoms with Crippen molar-refractivity contribution < 1.29 is 9.59 Å². The molecule has 0 bridgehead atoms. The van der Waals surface area contributed by atoms with E-state index in [1.54, 1.807) is 9.80 Å². The lowest BCUT2D eigenvalue weighted by Crippen LogP contribution is -2.42. The predicted molar refractivity (Wildman–Crippen MR) is 76.0 cm³/mol. The van der Waals surface area contributed by atoms with Crippen LogP contribution < -0.4 is 5.32 Å². The van der Waals surface area contributed by atoms with Gasteiger partial charge in [-0.25, -0.2) is 4.79 Å². The number of nitrogens with zero attached hydrogens (tertiary/aromatic N) is 2. The van der Waals surface area contributed by atoms with Crippen LogP contribution in [0.4, 0.5) is 4.79 Å². The van der Waals surface area contributed by atoms with E-state index in [1.807, 2.05) is 14.0 Å². The van der Waals surface area contributed by atoms with Gasteiger partial charge in [0.1, 0.15) is 0 Å². The normalized spacial score (nSPS) is 18.9. The van der Waals surface area contributed by atoms with Gasteiger partial charge in [-0.05, 0) is 19.3 Å². The average molecular weight is 269 g/mol. The SMILES string of the molecule is CCCNC(=O)N1CCCCCCN(C)C(=O)CC1. The number of carbonyl (C=O) groups excluding carboxylic acids is 2. The van der Waals surface area contributed by atoms with E-state index in [4.69, 9.17) is 0 Å². The minimum absolute atomic E-state index is 0.0310. The van der Waals surface area contributed by atoms with Gasteiger partial charge in [0.2, 0.25) is 5.91 Å². The zero-order valence-corrected chi connectivity index (χ0v) is 12.3. The quantitative estimate of drug-likeness (QED) is 0.831. The van der Waals surface area contributed by atoms with Gasteiger partial charge in [0.25, 0.3) is 0 Å². The highest BCUT2D eigenvalue weighted by molar-refractivity contribution is 5.78. The Bertz CT molecular complexity index is 294. The van der Waals surface area contributed by atoms with E-state index in [1.165, 1.54) is 0 Å². The van der Waals surface area contributed by atoms with Gasteiger partial charge in [-0.3, -0.25) is 4.79 Å². The molecule has 1 fully saturated rings. The van der Waals surface area contributed by atoms with Crippen LogP contribution in [-0.4, -0.2) is 55.0 Å². The third kappa shape index (κ3) is 5.94. The van der Waals surface area contributed by atoms with E-state index in [0.29, 0.717) is 19.5 Å². The van der Waals surface area contributed by atoms with Crippen molar-refractivity contribution >= 4 is 11.9 Å². The number of hydrogen-bond acceptors (Lipinski definition) is 2. The molecule has 0 aliphatic carbocycles. The van der Waals surface area contributed by atoms with Crippen molar-refractivity contribution in [1.82, 2.24) is 15.1 Å². The summed E-state index contributed by atoms with van der Waals surface area (Å²) in [4.78, 5) is 27.4. The molecule has 1 aliphatic heterocycles. The molecule has 1 heterocycles. The first-order chi connectivity index (χ1) is 9.15. The van der Waals surface area contributed by atoms with Crippen LogP contribution in [0.5, 0.6) is 0 Å². The zero-order valence-electron chi connectivity index (χ0n) is 12.3. The van der Waals surface area contributed by atoms with Crippen molar-refractivity contribution in [2.75, 3.05) is 33.2 Å². The third-order valence-electron chi connectivity index (χ3n) is 3.51. The van der Waals surface area contributed by atoms with Crippen molar-refractivity contribution in [1.29, 1.82) is 0 Å². The van der Waals surface area contributed by atoms with Crippen molar-refractivity contribution in [3.05, 3.63) is 0 Å². The Balaban J connectivity index is 2.53. The summed E-state index contributed by atoms with van der Waals surface area (Å²) >= 11 is 0. The van der Waals surface area contributed by atoms with E-state index in [9.17, 15) is 9.59 Å². The van der Waals surface area contributed by atoms with E-state index < -0.39 is 0 Å². The van der Waals surface area contributed by atoms with Crippen LogP contribution >= 0.6 is 0 Å². The molecule has 1 aliphatic rings. The van der Waals surface area contributed by atoms with Gasteiger partial charge in [0.05, 0.1) is 0 Å². The molecule has 0 aromatic carbocycles. The minimum Gasteiger partial charge on any atom is -0.346 e. The van der Waals surface area contributed by atoms with Crippen molar-refractivity contribution in [2.45, 2.75) is 45.4 Å². The van der Waals surface area contributed by atoms with E-state index in [-0.39, 0.29) is 11.9 Å². The van der Waals surface area contributed by atoms with Crippen LogP contribution in [0.2, 0.25) is 0 Å². The summed E-state index contributed by atoms with van der Waals surface area (Å²) in [5.74, 6) is 0.134. The van der Waals surface area contributed by atoms with Crippen molar-refractivity contribution in [3.8, 4) is 0 Å². The summed E-state index contributed by atoms with van der Waals surface area (Å²) in [5.41, 5.74) is 0. The Kier molecular flexibility index (Phi) is 7.30. The van der Waals surface area contributed by atoms with Gasteiger partial charge in [-0.1, -0.05) is 19.8 Å². The lowest BCUT2D eigenvalue weighted by molar-refractivity contribution is -0.130. The summed E-state index contributed by atoms with van der Waals surface area (Å²) in [6, 6.07) is -0.0310. The van der Waals surface area contributed by atoms with Gasteiger partial charge in [0, 0.05) is 39.6 Å². The molecule has 0 saturated carbocycles. The molecule has 1 N–H and O–H groups in total. The molecule has 5 heteroatoms. The number of carbonyl (C=O) groups is 2. The van der Waals surface area contributed by atoms with Gasteiger partial charge < -0.3 is 15.1 Å². The first-order valence-electron chi connectivity index (χ1n) is 7.42. The fraction of sp³-hybridized carbons (Fsp3) is 0.857. The van der Waals surface area contributed by atoms with E-state index >= 15 is 0 Å². The van der Waals surface area contributed by atoms with E-state index in [0.717, 1.165) is 45.2 Å². The fourth-order valence-corrected chi connectivity index (χ4v) is 2.21. The monoisotopic (exact) mass is 269 g/mol. The number of rotatable bonds is 2. The summed E-state index contributed by atoms with van der Waals surface area (Å²) in [6.45, 7) is 4.85. The van der Waals surface area contributed by atoms with Gasteiger partial charge in [-0.15, -0.1) is 0 Å². The minimum atomic E-state index is -0.0310. The molecule has 0 aromatic heterocycles. The first-order valence-corrected chi connectivity index (χ1v) is 7.42. The Morgan fingerprint density at radius 3 is 2.53 bits per heavy atom. The first kappa shape index (κ1) is 15.8. The van der Waals surface area contributed by atoms with Crippen LogP contribution in [0.1, 0.15) is 45.4 Å². The molecular formula is C14H27N3O2. The maximum Gasteiger partial charge on any atom is 0.317 e. The van der Waals surface area contributed by atoms with Crippen LogP contribution in [0.15, 0.2) is 0 Å². The molecular weight excluding hydrogens is 242 g/mol. The summed E-state index contributed by atoms with van der Waals surface area (Å²) in [7, 11) is 1.85. The second-order valence-corrected chi connectivity index (χ2v) is 5.20. The summed E-state index contributed by atoms with van der Waals surface area (Å²) in [6.07, 6.45) is 5.70. The van der Waals surface area contributed by atoms with Crippen LogP contribution in [0, 0.1) is 0 Å². The lowest BCUT2D eigenvalue weighted by atomic mass is 10.2. The van der Waals surface area contributed by atoms with Crippen LogP contribution in [-0.2, 0) is 4.79 Å². The van der Waals surface area contributed by atoms with Gasteiger partial charge in [0.15, 0.2) is 0 Å². The number of hydrogen-bond donors (Lipinski definition) is 1. The largest absolute Gasteiger partial charge is 0.346 e. The highest BCUT2D eigenvalue weighted by atomic mass is 16.2. The van der Waals surface area contributed by atoms with Gasteiger partial charge >= 0.3 is 6.03 Å². The fourth-order valence-electron chi connectivity index (χ4n) is 2.21. The molecule has 0 spiro atoms. The molecule has 0 unspecified atom stereocenters. The Morgan fingerprint density at radius 2 is 1.84 bits per heavy atom. The molecule has 1 saturated heterocycles. The molecule has 0 aromatic rings. The van der Waals surface area contributed by atoms with Crippen molar-refractivity contribution in [2.24, 2.45) is 0 Å². The van der Waals surface area contributed by atoms with Crippen LogP contribution in [0.25, 0.3) is 0 Å². The molecule has 3 amide bonds. The smallest absolute Gasteiger partial charge is 0.317 e.